The lowest BCUT2D eigenvalue weighted by molar-refractivity contribution is 0.768. The largest absolute Gasteiger partial charge is 0.375 e. The van der Waals surface area contributed by atoms with Crippen molar-refractivity contribution in [1.29, 1.82) is 5.26 Å². The second kappa shape index (κ2) is 9.72. The molecule has 2 N–H and O–H groups in total. The van der Waals surface area contributed by atoms with Gasteiger partial charge in [-0.1, -0.05) is 11.6 Å². The molecule has 0 radical (unpaired) electrons. The van der Waals surface area contributed by atoms with Gasteiger partial charge in [-0.05, 0) is 31.2 Å². The molecule has 1 atom stereocenters. The number of benzene rings is 1. The van der Waals surface area contributed by atoms with Gasteiger partial charge in [0, 0.05) is 72.8 Å². The molecule has 11 heteroatoms. The fraction of sp³-hybridized carbons (Fsp3) is 0.154. The van der Waals surface area contributed by atoms with E-state index in [0.29, 0.717) is 17.2 Å². The molecule has 0 fully saturated rings. The molecule has 0 spiro atoms. The van der Waals surface area contributed by atoms with Crippen LogP contribution in [0.3, 0.4) is 0 Å². The van der Waals surface area contributed by atoms with Gasteiger partial charge in [0.25, 0.3) is 5.56 Å². The molecule has 4 aromatic heterocycles. The van der Waals surface area contributed by atoms with Crippen molar-refractivity contribution in [2.24, 2.45) is 14.1 Å². The molecule has 4 heterocycles. The normalized spacial score (nSPS) is 11.8. The number of hydrogen-bond acceptors (Lipinski definition) is 8. The molecule has 5 aromatic rings. The fourth-order valence-electron chi connectivity index (χ4n) is 4.04. The number of pyridine rings is 2. The Morgan fingerprint density at radius 2 is 1.81 bits per heavy atom. The van der Waals surface area contributed by atoms with Crippen LogP contribution in [0.15, 0.2) is 66.1 Å². The smallest absolute Gasteiger partial charge is 0.252 e. The van der Waals surface area contributed by atoms with Crippen LogP contribution in [0, 0.1) is 11.3 Å². The number of hydrogen-bond donors (Lipinski definition) is 2. The molecule has 10 nitrogen and oxygen atoms in total. The maximum atomic E-state index is 12.7. The predicted octanol–water partition coefficient (Wildman–Crippen LogP) is 4.57. The highest BCUT2D eigenvalue weighted by molar-refractivity contribution is 6.31. The van der Waals surface area contributed by atoms with E-state index >= 15 is 0 Å². The van der Waals surface area contributed by atoms with Crippen molar-refractivity contribution in [1.82, 2.24) is 29.3 Å². The van der Waals surface area contributed by atoms with Gasteiger partial charge in [0.2, 0.25) is 0 Å². The molecule has 0 saturated carbocycles. The third-order valence-electron chi connectivity index (χ3n) is 6.01. The maximum Gasteiger partial charge on any atom is 0.252 e. The summed E-state index contributed by atoms with van der Waals surface area (Å²) < 4.78 is 3.31. The summed E-state index contributed by atoms with van der Waals surface area (Å²) in [5.74, 6) is 0.584. The monoisotopic (exact) mass is 511 g/mol. The lowest BCUT2D eigenvalue weighted by Crippen LogP contribution is -2.19. The zero-order valence-electron chi connectivity index (χ0n) is 20.3. The minimum absolute atomic E-state index is 0.126. The SMILES string of the molecule is CC(Nc1cc(=O)n(C)c2ccc(Nc3ccnc(Cl)c3C#N)cc12)c1ncc(-c2cnn(C)c2)cn1. The Labute approximate surface area is 217 Å². The van der Waals surface area contributed by atoms with Crippen LogP contribution in [-0.2, 0) is 14.1 Å². The van der Waals surface area contributed by atoms with Crippen LogP contribution in [0.4, 0.5) is 17.1 Å². The number of fused-ring (bicyclic) bond motifs is 1. The van der Waals surface area contributed by atoms with E-state index in [-0.39, 0.29) is 22.3 Å². The minimum Gasteiger partial charge on any atom is -0.375 e. The van der Waals surface area contributed by atoms with Gasteiger partial charge in [-0.15, -0.1) is 0 Å². The zero-order valence-corrected chi connectivity index (χ0v) is 21.0. The Morgan fingerprint density at radius 3 is 2.51 bits per heavy atom. The van der Waals surface area contributed by atoms with E-state index in [9.17, 15) is 10.1 Å². The van der Waals surface area contributed by atoms with E-state index < -0.39 is 0 Å². The number of halogens is 1. The summed E-state index contributed by atoms with van der Waals surface area (Å²) in [5.41, 5.74) is 4.55. The van der Waals surface area contributed by atoms with Crippen LogP contribution in [0.25, 0.3) is 22.0 Å². The van der Waals surface area contributed by atoms with Gasteiger partial charge in [0.05, 0.1) is 23.4 Å². The van der Waals surface area contributed by atoms with Crippen molar-refractivity contribution in [2.45, 2.75) is 13.0 Å². The van der Waals surface area contributed by atoms with Crippen molar-refractivity contribution in [3.05, 3.63) is 88.2 Å². The maximum absolute atomic E-state index is 12.7. The second-order valence-electron chi connectivity index (χ2n) is 8.55. The number of anilines is 3. The van der Waals surface area contributed by atoms with E-state index in [1.807, 2.05) is 38.4 Å². The van der Waals surface area contributed by atoms with Crippen LogP contribution in [0.1, 0.15) is 24.4 Å². The first-order chi connectivity index (χ1) is 17.8. The summed E-state index contributed by atoms with van der Waals surface area (Å²) in [6, 6.07) is 10.6. The molecule has 0 amide bonds. The molecule has 0 aliphatic carbocycles. The molecule has 1 unspecified atom stereocenters. The second-order valence-corrected chi connectivity index (χ2v) is 8.90. The van der Waals surface area contributed by atoms with E-state index in [1.54, 1.807) is 47.0 Å². The van der Waals surface area contributed by atoms with Crippen LogP contribution < -0.4 is 16.2 Å². The van der Waals surface area contributed by atoms with E-state index in [4.69, 9.17) is 11.6 Å². The molecule has 0 aliphatic rings. The number of nitrogens with one attached hydrogen (secondary N) is 2. The average molecular weight is 512 g/mol. The number of aryl methyl sites for hydroxylation is 2. The molecule has 0 aliphatic heterocycles. The first-order valence-corrected chi connectivity index (χ1v) is 11.7. The quantitative estimate of drug-likeness (QED) is 0.317. The number of rotatable bonds is 6. The third kappa shape index (κ3) is 4.72. The summed E-state index contributed by atoms with van der Waals surface area (Å²) in [7, 11) is 3.58. The number of nitriles is 1. The molecule has 37 heavy (non-hydrogen) atoms. The van der Waals surface area contributed by atoms with Gasteiger partial charge in [-0.2, -0.15) is 10.4 Å². The molecule has 5 rings (SSSR count). The van der Waals surface area contributed by atoms with Crippen molar-refractivity contribution in [3.8, 4) is 17.2 Å². The van der Waals surface area contributed by atoms with E-state index in [1.165, 1.54) is 6.20 Å². The molecule has 1 aromatic carbocycles. The first-order valence-electron chi connectivity index (χ1n) is 11.4. The zero-order chi connectivity index (χ0) is 26.1. The highest BCUT2D eigenvalue weighted by Crippen LogP contribution is 2.30. The van der Waals surface area contributed by atoms with Crippen molar-refractivity contribution in [2.75, 3.05) is 10.6 Å². The van der Waals surface area contributed by atoms with Gasteiger partial charge >= 0.3 is 0 Å². The Kier molecular flexibility index (Phi) is 6.29. The summed E-state index contributed by atoms with van der Waals surface area (Å²) in [5, 5.41) is 21.2. The molecule has 0 saturated heterocycles. The van der Waals surface area contributed by atoms with Crippen molar-refractivity contribution < 1.29 is 0 Å². The van der Waals surface area contributed by atoms with Gasteiger partial charge in [0.15, 0.2) is 0 Å². The highest BCUT2D eigenvalue weighted by Gasteiger charge is 2.15. The fourth-order valence-corrected chi connectivity index (χ4v) is 4.24. The Balaban J connectivity index is 1.47. The van der Waals surface area contributed by atoms with Gasteiger partial charge in [0.1, 0.15) is 22.6 Å². The van der Waals surface area contributed by atoms with Crippen LogP contribution in [0.2, 0.25) is 5.15 Å². The summed E-state index contributed by atoms with van der Waals surface area (Å²) in [4.78, 5) is 25.7. The lowest BCUT2D eigenvalue weighted by atomic mass is 10.1. The van der Waals surface area contributed by atoms with Gasteiger partial charge < -0.3 is 15.2 Å². The molecular formula is C26H22ClN9O. The van der Waals surface area contributed by atoms with Crippen LogP contribution >= 0.6 is 11.6 Å². The van der Waals surface area contributed by atoms with Gasteiger partial charge in [-0.25, -0.2) is 15.0 Å². The van der Waals surface area contributed by atoms with Crippen molar-refractivity contribution >= 4 is 39.6 Å². The molecule has 0 bridgehead atoms. The molecular weight excluding hydrogens is 490 g/mol. The van der Waals surface area contributed by atoms with Crippen molar-refractivity contribution in [3.63, 3.8) is 0 Å². The van der Waals surface area contributed by atoms with Crippen LogP contribution in [0.5, 0.6) is 0 Å². The Bertz CT molecular complexity index is 1720. The predicted molar refractivity (Wildman–Crippen MR) is 143 cm³/mol. The van der Waals surface area contributed by atoms with E-state index in [2.05, 4.69) is 36.8 Å². The summed E-state index contributed by atoms with van der Waals surface area (Å²) in [6.45, 7) is 1.93. The Morgan fingerprint density at radius 1 is 1.03 bits per heavy atom. The summed E-state index contributed by atoms with van der Waals surface area (Å²) in [6.07, 6.45) is 8.71. The van der Waals surface area contributed by atoms with Crippen LogP contribution in [-0.4, -0.2) is 29.3 Å². The third-order valence-corrected chi connectivity index (χ3v) is 6.30. The first kappa shape index (κ1) is 24.0. The lowest BCUT2D eigenvalue weighted by Gasteiger charge is -2.18. The average Bonchev–Trinajstić information content (AvgIpc) is 3.33. The van der Waals surface area contributed by atoms with Gasteiger partial charge in [-0.3, -0.25) is 9.48 Å². The minimum atomic E-state index is -0.279. The summed E-state index contributed by atoms with van der Waals surface area (Å²) >= 11 is 6.08. The Hall–Kier alpha value is -4.75. The molecule has 184 valence electrons. The van der Waals surface area contributed by atoms with E-state index in [0.717, 1.165) is 27.7 Å². The number of aromatic nitrogens is 6. The highest BCUT2D eigenvalue weighted by atomic mass is 35.5. The standard InChI is InChI=1S/C26H22ClN9O/c1-15(26-30-11-16(12-31-26)17-13-32-35(2)14-17)33-22-9-24(37)36(3)23-5-4-18(8-19(22)23)34-21-6-7-29-25(27)20(21)10-28/h4-9,11-15,33H,1-3H3,(H,29,34). The number of nitrogens with zero attached hydrogens (tertiary/aromatic N) is 7. The topological polar surface area (TPSA) is 126 Å².